The number of rotatable bonds is 2. The molecular weight excluding hydrogens is 164 g/mol. The summed E-state index contributed by atoms with van der Waals surface area (Å²) in [6.45, 7) is 6.01. The maximum absolute atomic E-state index is 8.88. The van der Waals surface area contributed by atoms with Crippen molar-refractivity contribution in [2.45, 2.75) is 27.4 Å². The van der Waals surface area contributed by atoms with Gasteiger partial charge in [0.2, 0.25) is 0 Å². The van der Waals surface area contributed by atoms with Gasteiger partial charge in [0.1, 0.15) is 5.75 Å². The van der Waals surface area contributed by atoms with E-state index < -0.39 is 0 Å². The Labute approximate surface area is 80.2 Å². The highest BCUT2D eigenvalue weighted by atomic mass is 16.5. The van der Waals surface area contributed by atoms with E-state index in [0.717, 1.165) is 16.9 Å². The normalized spacial score (nSPS) is 8.69. The lowest BCUT2D eigenvalue weighted by Gasteiger charge is -2.07. The van der Waals surface area contributed by atoms with Crippen molar-refractivity contribution < 1.29 is 9.84 Å². The van der Waals surface area contributed by atoms with Gasteiger partial charge >= 0.3 is 0 Å². The zero-order valence-electron chi connectivity index (χ0n) is 8.79. The second-order valence-electron chi connectivity index (χ2n) is 2.40. The molecule has 74 valence electrons. The molecule has 1 rings (SSSR count). The summed E-state index contributed by atoms with van der Waals surface area (Å²) < 4.78 is 5.08. The minimum Gasteiger partial charge on any atom is -0.496 e. The number of hydrogen-bond acceptors (Lipinski definition) is 2. The SMILES string of the molecule is CC.COc1cccc(CO)c1C. The molecule has 0 aliphatic rings. The highest BCUT2D eigenvalue weighted by molar-refractivity contribution is 5.38. The summed E-state index contributed by atoms with van der Waals surface area (Å²) in [6, 6.07) is 5.64. The van der Waals surface area contributed by atoms with Gasteiger partial charge in [0.15, 0.2) is 0 Å². The third-order valence-electron chi connectivity index (χ3n) is 1.79. The highest BCUT2D eigenvalue weighted by Gasteiger charge is 2.01. The van der Waals surface area contributed by atoms with E-state index in [1.54, 1.807) is 7.11 Å². The largest absolute Gasteiger partial charge is 0.496 e. The molecule has 0 atom stereocenters. The zero-order valence-corrected chi connectivity index (χ0v) is 8.79. The number of benzene rings is 1. The van der Waals surface area contributed by atoms with Crippen LogP contribution in [0.4, 0.5) is 0 Å². The van der Waals surface area contributed by atoms with E-state index in [1.165, 1.54) is 0 Å². The summed E-state index contributed by atoms with van der Waals surface area (Å²) >= 11 is 0. The minimum atomic E-state index is 0.0725. The van der Waals surface area contributed by atoms with E-state index in [-0.39, 0.29) is 6.61 Å². The summed E-state index contributed by atoms with van der Waals surface area (Å²) in [6.07, 6.45) is 0. The Morgan fingerprint density at radius 3 is 2.38 bits per heavy atom. The van der Waals surface area contributed by atoms with Gasteiger partial charge in [-0.25, -0.2) is 0 Å². The van der Waals surface area contributed by atoms with Gasteiger partial charge in [-0.3, -0.25) is 0 Å². The molecule has 2 heteroatoms. The van der Waals surface area contributed by atoms with Gasteiger partial charge in [-0.15, -0.1) is 0 Å². The van der Waals surface area contributed by atoms with Crippen LogP contribution in [-0.4, -0.2) is 12.2 Å². The fourth-order valence-corrected chi connectivity index (χ4v) is 1.05. The average Bonchev–Trinajstić information content (AvgIpc) is 2.21. The maximum atomic E-state index is 8.88. The quantitative estimate of drug-likeness (QED) is 0.761. The van der Waals surface area contributed by atoms with E-state index in [4.69, 9.17) is 9.84 Å². The third-order valence-corrected chi connectivity index (χ3v) is 1.79. The number of aliphatic hydroxyl groups excluding tert-OH is 1. The first-order valence-electron chi connectivity index (χ1n) is 4.53. The Kier molecular flexibility index (Phi) is 5.98. The second kappa shape index (κ2) is 6.49. The predicted molar refractivity (Wildman–Crippen MR) is 55.0 cm³/mol. The molecule has 0 unspecified atom stereocenters. The first kappa shape index (κ1) is 12.0. The van der Waals surface area contributed by atoms with Crippen LogP contribution in [0.15, 0.2) is 18.2 Å². The van der Waals surface area contributed by atoms with E-state index >= 15 is 0 Å². The molecule has 0 saturated heterocycles. The molecule has 0 aliphatic heterocycles. The van der Waals surface area contributed by atoms with Crippen LogP contribution in [0.5, 0.6) is 5.75 Å². The highest BCUT2D eigenvalue weighted by Crippen LogP contribution is 2.20. The summed E-state index contributed by atoms with van der Waals surface area (Å²) in [7, 11) is 1.63. The van der Waals surface area contributed by atoms with E-state index in [2.05, 4.69) is 0 Å². The number of ether oxygens (including phenoxy) is 1. The van der Waals surface area contributed by atoms with Crippen molar-refractivity contribution in [1.82, 2.24) is 0 Å². The van der Waals surface area contributed by atoms with Gasteiger partial charge in [-0.05, 0) is 24.1 Å². The molecule has 0 amide bonds. The molecular formula is C11H18O2. The lowest BCUT2D eigenvalue weighted by Crippen LogP contribution is -1.92. The minimum absolute atomic E-state index is 0.0725. The molecule has 0 saturated carbocycles. The van der Waals surface area contributed by atoms with Gasteiger partial charge < -0.3 is 9.84 Å². The van der Waals surface area contributed by atoms with Crippen molar-refractivity contribution in [1.29, 1.82) is 0 Å². The lowest BCUT2D eigenvalue weighted by atomic mass is 10.1. The molecule has 1 N–H and O–H groups in total. The molecule has 0 fully saturated rings. The number of hydrogen-bond donors (Lipinski definition) is 1. The number of aliphatic hydroxyl groups is 1. The fourth-order valence-electron chi connectivity index (χ4n) is 1.05. The molecule has 13 heavy (non-hydrogen) atoms. The lowest BCUT2D eigenvalue weighted by molar-refractivity contribution is 0.280. The maximum Gasteiger partial charge on any atom is 0.122 e. The van der Waals surface area contributed by atoms with Crippen LogP contribution < -0.4 is 4.74 Å². The molecule has 1 aromatic carbocycles. The van der Waals surface area contributed by atoms with Crippen molar-refractivity contribution >= 4 is 0 Å². The molecule has 0 aromatic heterocycles. The Hall–Kier alpha value is -1.02. The summed E-state index contributed by atoms with van der Waals surface area (Å²) in [5.41, 5.74) is 1.93. The van der Waals surface area contributed by atoms with Gasteiger partial charge in [0.25, 0.3) is 0 Å². The van der Waals surface area contributed by atoms with Crippen molar-refractivity contribution in [2.75, 3.05) is 7.11 Å². The van der Waals surface area contributed by atoms with Gasteiger partial charge in [0.05, 0.1) is 13.7 Å². The average molecular weight is 182 g/mol. The molecule has 0 radical (unpaired) electrons. The van der Waals surface area contributed by atoms with Crippen LogP contribution in [-0.2, 0) is 6.61 Å². The Balaban J connectivity index is 0.000000671. The standard InChI is InChI=1S/C9H12O2.C2H6/c1-7-8(6-10)4-3-5-9(7)11-2;1-2/h3-5,10H,6H2,1-2H3;1-2H3. The smallest absolute Gasteiger partial charge is 0.122 e. The Morgan fingerprint density at radius 1 is 1.31 bits per heavy atom. The monoisotopic (exact) mass is 182 g/mol. The molecule has 2 nitrogen and oxygen atoms in total. The van der Waals surface area contributed by atoms with Gasteiger partial charge in [0, 0.05) is 0 Å². The van der Waals surface area contributed by atoms with Gasteiger partial charge in [-0.2, -0.15) is 0 Å². The Morgan fingerprint density at radius 2 is 1.92 bits per heavy atom. The third kappa shape index (κ3) is 3.07. The van der Waals surface area contributed by atoms with Crippen LogP contribution in [0.1, 0.15) is 25.0 Å². The van der Waals surface area contributed by atoms with Crippen LogP contribution in [0.25, 0.3) is 0 Å². The topological polar surface area (TPSA) is 29.5 Å². The second-order valence-corrected chi connectivity index (χ2v) is 2.40. The van der Waals surface area contributed by atoms with Crippen LogP contribution in [0.2, 0.25) is 0 Å². The Bertz CT molecular complexity index is 222. The van der Waals surface area contributed by atoms with Gasteiger partial charge in [-0.1, -0.05) is 26.0 Å². The fraction of sp³-hybridized carbons (Fsp3) is 0.455. The first-order chi connectivity index (χ1) is 6.29. The van der Waals surface area contributed by atoms with E-state index in [1.807, 2.05) is 39.0 Å². The first-order valence-corrected chi connectivity index (χ1v) is 4.53. The number of methoxy groups -OCH3 is 1. The molecule has 0 spiro atoms. The van der Waals surface area contributed by atoms with Crippen molar-refractivity contribution in [3.05, 3.63) is 29.3 Å². The van der Waals surface area contributed by atoms with Crippen molar-refractivity contribution in [2.24, 2.45) is 0 Å². The van der Waals surface area contributed by atoms with Crippen LogP contribution in [0, 0.1) is 6.92 Å². The van der Waals surface area contributed by atoms with Crippen molar-refractivity contribution in [3.8, 4) is 5.75 Å². The van der Waals surface area contributed by atoms with Crippen LogP contribution >= 0.6 is 0 Å². The summed E-state index contributed by atoms with van der Waals surface area (Å²) in [5, 5.41) is 8.88. The van der Waals surface area contributed by atoms with E-state index in [9.17, 15) is 0 Å². The molecule has 0 aliphatic carbocycles. The summed E-state index contributed by atoms with van der Waals surface area (Å²) in [5.74, 6) is 0.830. The molecule has 0 heterocycles. The summed E-state index contributed by atoms with van der Waals surface area (Å²) in [4.78, 5) is 0. The predicted octanol–water partition coefficient (Wildman–Crippen LogP) is 2.52. The van der Waals surface area contributed by atoms with Crippen LogP contribution in [0.3, 0.4) is 0 Å². The molecule has 1 aromatic rings. The van der Waals surface area contributed by atoms with Crippen molar-refractivity contribution in [3.63, 3.8) is 0 Å². The van der Waals surface area contributed by atoms with E-state index in [0.29, 0.717) is 0 Å². The zero-order chi connectivity index (χ0) is 10.3. The molecule has 0 bridgehead atoms.